The Morgan fingerprint density at radius 2 is 1.47 bits per heavy atom. The molecule has 2 heterocycles. The predicted octanol–water partition coefficient (Wildman–Crippen LogP) is 4.81. The molecule has 0 aromatic heterocycles. The van der Waals surface area contributed by atoms with Gasteiger partial charge in [0, 0.05) is 5.56 Å². The van der Waals surface area contributed by atoms with Crippen LogP contribution in [0.3, 0.4) is 0 Å². The van der Waals surface area contributed by atoms with E-state index >= 15 is 0 Å². The molecule has 1 amide bonds. The highest BCUT2D eigenvalue weighted by atomic mass is 32.2. The highest BCUT2D eigenvalue weighted by Crippen LogP contribution is 2.31. The van der Waals surface area contributed by atoms with Crippen LogP contribution in [-0.4, -0.2) is 40.2 Å². The largest absolute Gasteiger partial charge is 0.490 e. The van der Waals surface area contributed by atoms with Crippen molar-refractivity contribution in [2.75, 3.05) is 13.2 Å². The normalized spacial score (nSPS) is 16.2. The summed E-state index contributed by atoms with van der Waals surface area (Å²) in [6.45, 7) is 0.839. The number of nitrogens with zero attached hydrogens (tertiary/aromatic N) is 3. The van der Waals surface area contributed by atoms with Gasteiger partial charge in [-0.3, -0.25) is 10.2 Å². The van der Waals surface area contributed by atoms with Gasteiger partial charge in [-0.1, -0.05) is 60.7 Å². The first kappa shape index (κ1) is 21.7. The summed E-state index contributed by atoms with van der Waals surface area (Å²) in [6, 6.07) is 26.5. The molecule has 34 heavy (non-hydrogen) atoms. The highest BCUT2D eigenvalue weighted by Gasteiger charge is 2.35. The van der Waals surface area contributed by atoms with Gasteiger partial charge in [0.1, 0.15) is 29.8 Å². The van der Waals surface area contributed by atoms with Crippen molar-refractivity contribution in [2.24, 2.45) is 10.1 Å². The molecule has 1 N–H and O–H groups in total. The predicted molar refractivity (Wildman–Crippen MR) is 134 cm³/mol. The van der Waals surface area contributed by atoms with Crippen LogP contribution in [0.25, 0.3) is 6.08 Å². The summed E-state index contributed by atoms with van der Waals surface area (Å²) in [4.78, 5) is 16.8. The van der Waals surface area contributed by atoms with E-state index in [0.29, 0.717) is 29.2 Å². The second-order valence-corrected chi connectivity index (χ2v) is 8.33. The number of amidine groups is 2. The summed E-state index contributed by atoms with van der Waals surface area (Å²) in [5, 5.41) is 15.5. The number of fused-ring (bicyclic) bond motifs is 1. The summed E-state index contributed by atoms with van der Waals surface area (Å²) < 4.78 is 11.3. The monoisotopic (exact) mass is 468 g/mol. The summed E-state index contributed by atoms with van der Waals surface area (Å²) in [5.41, 5.74) is 1.87. The van der Waals surface area contributed by atoms with Gasteiger partial charge in [-0.25, -0.2) is 0 Å². The first-order valence-corrected chi connectivity index (χ1v) is 11.5. The van der Waals surface area contributed by atoms with Crippen molar-refractivity contribution < 1.29 is 14.3 Å². The quantitative estimate of drug-likeness (QED) is 0.397. The van der Waals surface area contributed by atoms with Crippen molar-refractivity contribution in [3.05, 3.63) is 102 Å². The molecule has 0 radical (unpaired) electrons. The second-order valence-electron chi connectivity index (χ2n) is 7.37. The molecular weight excluding hydrogens is 448 g/mol. The van der Waals surface area contributed by atoms with Crippen molar-refractivity contribution in [2.45, 2.75) is 0 Å². The molecule has 3 aromatic rings. The molecule has 0 saturated carbocycles. The molecule has 8 heteroatoms. The van der Waals surface area contributed by atoms with E-state index in [-0.39, 0.29) is 11.4 Å². The molecule has 0 spiro atoms. The number of ether oxygens (including phenoxy) is 2. The van der Waals surface area contributed by atoms with Gasteiger partial charge in [-0.2, -0.15) is 15.1 Å². The van der Waals surface area contributed by atoms with Crippen LogP contribution in [0.5, 0.6) is 11.5 Å². The lowest BCUT2D eigenvalue weighted by atomic mass is 10.1. The average molecular weight is 469 g/mol. The molecule has 0 unspecified atom stereocenters. The Morgan fingerprint density at radius 1 is 0.853 bits per heavy atom. The summed E-state index contributed by atoms with van der Waals surface area (Å²) in [7, 11) is 0. The number of amides is 1. The van der Waals surface area contributed by atoms with Gasteiger partial charge in [-0.15, -0.1) is 0 Å². The zero-order valence-electron chi connectivity index (χ0n) is 18.0. The number of carbonyl (C=O) groups is 1. The number of para-hydroxylation sites is 1. The van der Waals surface area contributed by atoms with E-state index in [1.54, 1.807) is 6.08 Å². The molecule has 0 bridgehead atoms. The van der Waals surface area contributed by atoms with E-state index in [1.807, 2.05) is 84.9 Å². The van der Waals surface area contributed by atoms with Crippen LogP contribution in [0.15, 0.2) is 101 Å². The van der Waals surface area contributed by atoms with Gasteiger partial charge in [0.15, 0.2) is 5.84 Å². The highest BCUT2D eigenvalue weighted by molar-refractivity contribution is 8.27. The molecule has 0 aliphatic carbocycles. The summed E-state index contributed by atoms with van der Waals surface area (Å²) in [5.74, 6) is 1.05. The summed E-state index contributed by atoms with van der Waals surface area (Å²) in [6.07, 6.45) is 1.65. The zero-order valence-corrected chi connectivity index (χ0v) is 18.9. The number of rotatable bonds is 7. The Labute approximate surface area is 200 Å². The lowest BCUT2D eigenvalue weighted by Crippen LogP contribution is -2.35. The standard InChI is InChI=1S/C26H20N4O3S/c27-23-22(24(31)28-26-30(23)29-25(34-26)19-7-3-1-4-8-19)17-18-11-13-21(14-12-18)33-16-15-32-20-9-5-2-6-10-20/h1-14,17,27H,15-16H2. The van der Waals surface area contributed by atoms with Crippen LogP contribution in [-0.2, 0) is 4.79 Å². The van der Waals surface area contributed by atoms with Crippen molar-refractivity contribution in [1.29, 1.82) is 5.41 Å². The van der Waals surface area contributed by atoms with Crippen LogP contribution >= 0.6 is 11.8 Å². The number of hydrogen-bond acceptors (Lipinski definition) is 6. The fraction of sp³-hybridized carbons (Fsp3) is 0.0769. The number of thioether (sulfide) groups is 1. The Balaban J connectivity index is 1.23. The minimum atomic E-state index is -0.452. The first-order valence-electron chi connectivity index (χ1n) is 10.6. The molecule has 0 fully saturated rings. The fourth-order valence-corrected chi connectivity index (χ4v) is 4.25. The minimum Gasteiger partial charge on any atom is -0.490 e. The van der Waals surface area contributed by atoms with E-state index in [9.17, 15) is 4.79 Å². The maximum absolute atomic E-state index is 12.6. The van der Waals surface area contributed by atoms with Crippen LogP contribution in [0.4, 0.5) is 0 Å². The van der Waals surface area contributed by atoms with Crippen LogP contribution in [0.2, 0.25) is 0 Å². The van der Waals surface area contributed by atoms with Crippen molar-refractivity contribution in [1.82, 2.24) is 5.01 Å². The molecular formula is C26H20N4O3S. The zero-order chi connectivity index (χ0) is 23.3. The minimum absolute atomic E-state index is 0.00631. The number of benzene rings is 3. The Morgan fingerprint density at radius 3 is 2.15 bits per heavy atom. The molecule has 7 nitrogen and oxygen atoms in total. The molecule has 2 aliphatic rings. The van der Waals surface area contributed by atoms with E-state index in [1.165, 1.54) is 16.8 Å². The van der Waals surface area contributed by atoms with Crippen LogP contribution in [0, 0.1) is 5.41 Å². The molecule has 2 aliphatic heterocycles. The Bertz CT molecular complexity index is 1300. The first-order chi connectivity index (χ1) is 16.7. The van der Waals surface area contributed by atoms with Gasteiger partial charge < -0.3 is 9.47 Å². The number of nitrogens with one attached hydrogen (secondary N) is 1. The van der Waals surface area contributed by atoms with Gasteiger partial charge >= 0.3 is 0 Å². The van der Waals surface area contributed by atoms with Gasteiger partial charge in [-0.05, 0) is 47.7 Å². The topological polar surface area (TPSA) is 87.3 Å². The van der Waals surface area contributed by atoms with Crippen LogP contribution < -0.4 is 9.47 Å². The molecule has 0 saturated heterocycles. The van der Waals surface area contributed by atoms with Gasteiger partial charge in [0.25, 0.3) is 5.91 Å². The van der Waals surface area contributed by atoms with Crippen molar-refractivity contribution >= 4 is 39.8 Å². The van der Waals surface area contributed by atoms with Gasteiger partial charge in [0.2, 0.25) is 5.17 Å². The SMILES string of the molecule is N=C1C(=Cc2ccc(OCCOc3ccccc3)cc2)C(=O)N=C2SC(c3ccccc3)=NN12. The molecule has 168 valence electrons. The van der Waals surface area contributed by atoms with Crippen LogP contribution in [0.1, 0.15) is 11.1 Å². The van der Waals surface area contributed by atoms with E-state index in [2.05, 4.69) is 10.1 Å². The second kappa shape index (κ2) is 9.76. The summed E-state index contributed by atoms with van der Waals surface area (Å²) >= 11 is 1.28. The Kier molecular flexibility index (Phi) is 6.22. The van der Waals surface area contributed by atoms with Crippen molar-refractivity contribution in [3.8, 4) is 11.5 Å². The van der Waals surface area contributed by atoms with E-state index in [0.717, 1.165) is 16.9 Å². The molecule has 3 aromatic carbocycles. The number of hydrazone groups is 1. The third-order valence-electron chi connectivity index (χ3n) is 5.03. The maximum Gasteiger partial charge on any atom is 0.283 e. The lowest BCUT2D eigenvalue weighted by Gasteiger charge is -2.20. The third kappa shape index (κ3) is 4.77. The smallest absolute Gasteiger partial charge is 0.283 e. The average Bonchev–Trinajstić information content (AvgIpc) is 3.31. The molecule has 5 rings (SSSR count). The van der Waals surface area contributed by atoms with Gasteiger partial charge in [0.05, 0.1) is 5.57 Å². The third-order valence-corrected chi connectivity index (χ3v) is 5.99. The fourth-order valence-electron chi connectivity index (χ4n) is 3.35. The number of hydrogen-bond donors (Lipinski definition) is 1. The number of carbonyl (C=O) groups excluding carboxylic acids is 1. The van der Waals surface area contributed by atoms with E-state index < -0.39 is 5.91 Å². The maximum atomic E-state index is 12.6. The van der Waals surface area contributed by atoms with Crippen molar-refractivity contribution in [3.63, 3.8) is 0 Å². The number of aliphatic imine (C=N–C) groups is 1. The molecule has 0 atom stereocenters. The lowest BCUT2D eigenvalue weighted by molar-refractivity contribution is -0.114. The Hall–Kier alpha value is -4.17. The van der Waals surface area contributed by atoms with E-state index in [4.69, 9.17) is 14.9 Å².